The molecule has 0 saturated carbocycles. The van der Waals surface area contributed by atoms with Gasteiger partial charge in [0.25, 0.3) is 0 Å². The first-order valence-corrected chi connectivity index (χ1v) is 7.46. The van der Waals surface area contributed by atoms with Crippen LogP contribution in [0.15, 0.2) is 12.3 Å². The summed E-state index contributed by atoms with van der Waals surface area (Å²) in [5.41, 5.74) is 3.36. The van der Waals surface area contributed by atoms with E-state index < -0.39 is 24.4 Å². The number of hydrogen-bond acceptors (Lipinski definition) is 6. The molecule has 0 radical (unpaired) electrons. The molecule has 6 nitrogen and oxygen atoms in total. The van der Waals surface area contributed by atoms with Crippen LogP contribution in [0.4, 0.5) is 0 Å². The van der Waals surface area contributed by atoms with Gasteiger partial charge in [-0.15, -0.1) is 0 Å². The average molecular weight is 322 g/mol. The van der Waals surface area contributed by atoms with E-state index in [9.17, 15) is 15.3 Å². The van der Waals surface area contributed by atoms with Crippen LogP contribution in [0, 0.1) is 18.5 Å². The van der Waals surface area contributed by atoms with E-state index in [2.05, 4.69) is 9.97 Å². The third-order valence-corrected chi connectivity index (χ3v) is 4.62. The Morgan fingerprint density at radius 2 is 2.05 bits per heavy atom. The molecule has 3 rings (SSSR count). The highest BCUT2D eigenvalue weighted by atomic mass is 32.1. The van der Waals surface area contributed by atoms with Crippen LogP contribution in [0.2, 0.25) is 0 Å². The third-order valence-electron chi connectivity index (χ3n) is 4.28. The number of rotatable bonds is 2. The molecule has 7 heteroatoms. The van der Waals surface area contributed by atoms with E-state index >= 15 is 0 Å². The second-order valence-electron chi connectivity index (χ2n) is 5.64. The number of aromatic nitrogens is 2. The lowest BCUT2D eigenvalue weighted by Crippen LogP contribution is -2.32. The predicted octanol–water partition coefficient (Wildman–Crippen LogP) is 1.06. The quantitative estimate of drug-likeness (QED) is 0.617. The van der Waals surface area contributed by atoms with Crippen molar-refractivity contribution in [1.82, 2.24) is 9.97 Å². The van der Waals surface area contributed by atoms with Gasteiger partial charge in [-0.3, -0.25) is 0 Å². The second-order valence-corrected chi connectivity index (χ2v) is 6.05. The monoisotopic (exact) mass is 322 g/mol. The smallest absolute Gasteiger partial charge is 0.138 e. The predicted molar refractivity (Wildman–Crippen MR) is 83.1 cm³/mol. The van der Waals surface area contributed by atoms with Gasteiger partial charge < -0.3 is 25.0 Å². The van der Waals surface area contributed by atoms with Gasteiger partial charge in [0.1, 0.15) is 34.7 Å². The molecular formula is C15H18N2O4S. The number of pyridine rings is 2. The number of aryl methyl sites for hydroxylation is 2. The molecule has 2 aromatic heterocycles. The molecule has 0 bridgehead atoms. The minimum absolute atomic E-state index is 0.363. The van der Waals surface area contributed by atoms with Crippen molar-refractivity contribution in [2.75, 3.05) is 6.61 Å². The van der Waals surface area contributed by atoms with Gasteiger partial charge in [-0.2, -0.15) is 0 Å². The molecule has 1 aliphatic rings. The van der Waals surface area contributed by atoms with Crippen molar-refractivity contribution in [3.05, 3.63) is 33.6 Å². The van der Waals surface area contributed by atoms with Crippen molar-refractivity contribution in [2.24, 2.45) is 0 Å². The molecule has 2 aromatic rings. The molecule has 1 saturated heterocycles. The molecule has 22 heavy (non-hydrogen) atoms. The molecule has 4 unspecified atom stereocenters. The number of nitrogens with one attached hydrogen (secondary N) is 1. The Morgan fingerprint density at radius 1 is 1.32 bits per heavy atom. The maximum absolute atomic E-state index is 10.2. The summed E-state index contributed by atoms with van der Waals surface area (Å²) in [5.74, 6) is 0. The molecule has 0 spiro atoms. The highest BCUT2D eigenvalue weighted by molar-refractivity contribution is 7.71. The Kier molecular flexibility index (Phi) is 4.00. The van der Waals surface area contributed by atoms with Gasteiger partial charge in [-0.1, -0.05) is 12.2 Å². The van der Waals surface area contributed by atoms with Crippen molar-refractivity contribution < 1.29 is 20.1 Å². The Labute approximate surface area is 132 Å². The molecule has 0 aliphatic carbocycles. The standard InChI is InChI=1S/C15H18N2O4S/c1-6-4-16-14-8(7(6)2)3-9(15(22)17-14)13-12(20)11(19)10(5-18)21-13/h3-4,10-13,18-20H,5H2,1-2H3,(H,16,17,22). The SMILES string of the molecule is Cc1cnc2[nH]c(=S)c(C3OC(CO)C(O)C3O)cc2c1C. The fourth-order valence-electron chi connectivity index (χ4n) is 2.76. The summed E-state index contributed by atoms with van der Waals surface area (Å²) in [6, 6.07) is 1.84. The normalized spacial score (nSPS) is 28.4. The van der Waals surface area contributed by atoms with E-state index in [0.29, 0.717) is 15.9 Å². The lowest BCUT2D eigenvalue weighted by Gasteiger charge is -2.16. The fraction of sp³-hybridized carbons (Fsp3) is 0.467. The van der Waals surface area contributed by atoms with Crippen LogP contribution < -0.4 is 0 Å². The van der Waals surface area contributed by atoms with E-state index in [4.69, 9.17) is 17.0 Å². The second kappa shape index (κ2) is 5.68. The number of hydrogen-bond donors (Lipinski definition) is 4. The van der Waals surface area contributed by atoms with Gasteiger partial charge in [-0.05, 0) is 31.0 Å². The number of fused-ring (bicyclic) bond motifs is 1. The van der Waals surface area contributed by atoms with Crippen LogP contribution in [-0.4, -0.2) is 50.2 Å². The molecule has 1 fully saturated rings. The Morgan fingerprint density at radius 3 is 2.68 bits per heavy atom. The number of nitrogens with zero attached hydrogens (tertiary/aromatic N) is 1. The Bertz CT molecular complexity index is 776. The van der Waals surface area contributed by atoms with Crippen LogP contribution >= 0.6 is 12.2 Å². The zero-order valence-electron chi connectivity index (χ0n) is 12.3. The summed E-state index contributed by atoms with van der Waals surface area (Å²) in [7, 11) is 0. The van der Waals surface area contributed by atoms with Crippen molar-refractivity contribution in [3.63, 3.8) is 0 Å². The molecule has 3 heterocycles. The van der Waals surface area contributed by atoms with E-state index in [1.165, 1.54) is 0 Å². The molecule has 0 aromatic carbocycles. The number of aromatic amines is 1. The lowest BCUT2D eigenvalue weighted by atomic mass is 10.0. The Hall–Kier alpha value is -1.38. The molecule has 4 atom stereocenters. The first kappa shape index (κ1) is 15.5. The summed E-state index contributed by atoms with van der Waals surface area (Å²) in [4.78, 5) is 7.36. The van der Waals surface area contributed by atoms with Gasteiger partial charge in [0.2, 0.25) is 0 Å². The van der Waals surface area contributed by atoms with Gasteiger partial charge in [0.15, 0.2) is 0 Å². The van der Waals surface area contributed by atoms with E-state index in [0.717, 1.165) is 16.5 Å². The summed E-state index contributed by atoms with van der Waals surface area (Å²) in [5, 5.41) is 30.2. The first-order valence-electron chi connectivity index (χ1n) is 7.05. The minimum atomic E-state index is -1.14. The van der Waals surface area contributed by atoms with Crippen LogP contribution in [-0.2, 0) is 4.74 Å². The van der Waals surface area contributed by atoms with Crippen molar-refractivity contribution in [1.29, 1.82) is 0 Å². The topological polar surface area (TPSA) is 98.6 Å². The van der Waals surface area contributed by atoms with Crippen LogP contribution in [0.5, 0.6) is 0 Å². The summed E-state index contributed by atoms with van der Waals surface area (Å²) >= 11 is 5.33. The summed E-state index contributed by atoms with van der Waals surface area (Å²) in [6.07, 6.45) is -2.10. The van der Waals surface area contributed by atoms with Gasteiger partial charge in [0, 0.05) is 17.1 Å². The van der Waals surface area contributed by atoms with Gasteiger partial charge >= 0.3 is 0 Å². The third kappa shape index (κ3) is 2.35. The minimum Gasteiger partial charge on any atom is -0.394 e. The molecule has 1 aliphatic heterocycles. The summed E-state index contributed by atoms with van der Waals surface area (Å²) < 4.78 is 5.96. The zero-order valence-corrected chi connectivity index (χ0v) is 13.1. The molecule has 4 N–H and O–H groups in total. The van der Waals surface area contributed by atoms with E-state index in [1.54, 1.807) is 6.20 Å². The van der Waals surface area contributed by atoms with E-state index in [-0.39, 0.29) is 6.61 Å². The molecule has 118 valence electrons. The van der Waals surface area contributed by atoms with Crippen molar-refractivity contribution >= 4 is 23.3 Å². The van der Waals surface area contributed by atoms with Crippen LogP contribution in [0.25, 0.3) is 11.0 Å². The Balaban J connectivity index is 2.13. The van der Waals surface area contributed by atoms with Crippen molar-refractivity contribution in [3.8, 4) is 0 Å². The first-order chi connectivity index (χ1) is 10.4. The highest BCUT2D eigenvalue weighted by Crippen LogP contribution is 2.35. The van der Waals surface area contributed by atoms with Crippen LogP contribution in [0.3, 0.4) is 0 Å². The molecule has 0 amide bonds. The van der Waals surface area contributed by atoms with Crippen molar-refractivity contribution in [2.45, 2.75) is 38.3 Å². The fourth-order valence-corrected chi connectivity index (χ4v) is 3.03. The maximum atomic E-state index is 10.2. The van der Waals surface area contributed by atoms with Crippen LogP contribution in [0.1, 0.15) is 22.8 Å². The van der Waals surface area contributed by atoms with Gasteiger partial charge in [-0.25, -0.2) is 4.98 Å². The number of ether oxygens (including phenoxy) is 1. The maximum Gasteiger partial charge on any atom is 0.138 e. The largest absolute Gasteiger partial charge is 0.394 e. The number of aliphatic hydroxyl groups excluding tert-OH is 3. The number of H-pyrrole nitrogens is 1. The zero-order chi connectivity index (χ0) is 16.0. The van der Waals surface area contributed by atoms with Gasteiger partial charge in [0.05, 0.1) is 6.61 Å². The lowest BCUT2D eigenvalue weighted by molar-refractivity contribution is -0.0229. The van der Waals surface area contributed by atoms with E-state index in [1.807, 2.05) is 19.9 Å². The number of aliphatic hydroxyl groups is 3. The average Bonchev–Trinajstić information content (AvgIpc) is 2.79. The molecular weight excluding hydrogens is 304 g/mol. The summed E-state index contributed by atoms with van der Waals surface area (Å²) in [6.45, 7) is 3.59. The highest BCUT2D eigenvalue weighted by Gasteiger charge is 2.43.